The highest BCUT2D eigenvalue weighted by Gasteiger charge is 2.19. The van der Waals surface area contributed by atoms with Gasteiger partial charge >= 0.3 is 0 Å². The second-order valence-corrected chi connectivity index (χ2v) is 6.14. The van der Waals surface area contributed by atoms with Crippen molar-refractivity contribution in [3.05, 3.63) is 29.8 Å². The molecule has 1 heterocycles. The van der Waals surface area contributed by atoms with E-state index in [4.69, 9.17) is 4.74 Å². The molecule has 0 saturated carbocycles. The minimum atomic E-state index is 0.496. The normalized spacial score (nSPS) is 17.4. The van der Waals surface area contributed by atoms with Gasteiger partial charge in [0.15, 0.2) is 0 Å². The first-order valence-corrected chi connectivity index (χ1v) is 7.79. The van der Waals surface area contributed by atoms with Gasteiger partial charge in [0.1, 0.15) is 0 Å². The summed E-state index contributed by atoms with van der Waals surface area (Å²) in [6.45, 7) is 7.35. The van der Waals surface area contributed by atoms with Gasteiger partial charge in [-0.25, -0.2) is 0 Å². The van der Waals surface area contributed by atoms with Gasteiger partial charge in [0.2, 0.25) is 0 Å². The van der Waals surface area contributed by atoms with E-state index >= 15 is 0 Å². The van der Waals surface area contributed by atoms with Crippen molar-refractivity contribution in [1.82, 2.24) is 5.32 Å². The molecule has 0 aliphatic carbocycles. The van der Waals surface area contributed by atoms with E-state index in [2.05, 4.69) is 43.4 Å². The molecule has 0 bridgehead atoms. The van der Waals surface area contributed by atoms with Gasteiger partial charge in [0, 0.05) is 10.9 Å². The molecule has 1 aliphatic heterocycles. The van der Waals surface area contributed by atoms with Gasteiger partial charge < -0.3 is 10.1 Å². The van der Waals surface area contributed by atoms with E-state index in [1.807, 2.05) is 11.8 Å². The number of benzene rings is 1. The molecular weight excluding hydrogens is 242 g/mol. The molecule has 1 saturated heterocycles. The highest BCUT2D eigenvalue weighted by atomic mass is 32.2. The molecule has 1 atom stereocenters. The van der Waals surface area contributed by atoms with Crippen LogP contribution in [0.2, 0.25) is 0 Å². The van der Waals surface area contributed by atoms with Gasteiger partial charge in [-0.05, 0) is 37.1 Å². The first kappa shape index (κ1) is 13.9. The van der Waals surface area contributed by atoms with Gasteiger partial charge in [-0.1, -0.05) is 26.0 Å². The van der Waals surface area contributed by atoms with Gasteiger partial charge in [0.05, 0.1) is 18.5 Å². The average Bonchev–Trinajstić information content (AvgIpc) is 2.36. The highest BCUT2D eigenvalue weighted by Crippen LogP contribution is 2.29. The summed E-state index contributed by atoms with van der Waals surface area (Å²) in [6.07, 6.45) is 2.33. The summed E-state index contributed by atoms with van der Waals surface area (Å²) < 4.78 is 5.20. The van der Waals surface area contributed by atoms with Crippen molar-refractivity contribution in [2.45, 2.75) is 42.9 Å². The zero-order valence-electron chi connectivity index (χ0n) is 11.3. The molecule has 1 unspecified atom stereocenters. The molecule has 100 valence electrons. The van der Waals surface area contributed by atoms with Crippen LogP contribution in [0.1, 0.15) is 38.3 Å². The van der Waals surface area contributed by atoms with Crippen LogP contribution in [0.15, 0.2) is 29.2 Å². The van der Waals surface area contributed by atoms with Gasteiger partial charge in [0.25, 0.3) is 0 Å². The number of rotatable bonds is 7. The first-order valence-electron chi connectivity index (χ1n) is 6.91. The molecule has 2 nitrogen and oxygen atoms in total. The van der Waals surface area contributed by atoms with Gasteiger partial charge in [-0.3, -0.25) is 0 Å². The molecule has 0 aromatic heterocycles. The van der Waals surface area contributed by atoms with E-state index in [0.717, 1.165) is 26.2 Å². The molecule has 0 amide bonds. The van der Waals surface area contributed by atoms with Crippen LogP contribution in [0.5, 0.6) is 0 Å². The van der Waals surface area contributed by atoms with E-state index in [-0.39, 0.29) is 0 Å². The number of hydrogen-bond donors (Lipinski definition) is 1. The van der Waals surface area contributed by atoms with E-state index in [1.54, 1.807) is 0 Å². The maximum atomic E-state index is 5.20. The maximum Gasteiger partial charge on any atom is 0.0611 e. The lowest BCUT2D eigenvalue weighted by Crippen LogP contribution is -2.30. The molecule has 2 rings (SSSR count). The number of nitrogens with one attached hydrogen (secondary N) is 1. The molecule has 1 aromatic carbocycles. The Labute approximate surface area is 114 Å². The maximum absolute atomic E-state index is 5.20. The second kappa shape index (κ2) is 7.17. The predicted molar refractivity (Wildman–Crippen MR) is 78.2 cm³/mol. The number of thioether (sulfide) groups is 1. The molecule has 1 aliphatic rings. The monoisotopic (exact) mass is 265 g/mol. The predicted octanol–water partition coefficient (Wildman–Crippen LogP) is 3.63. The molecule has 1 fully saturated rings. The summed E-state index contributed by atoms with van der Waals surface area (Å²) in [5.41, 5.74) is 1.40. The van der Waals surface area contributed by atoms with Crippen molar-refractivity contribution < 1.29 is 4.74 Å². The van der Waals surface area contributed by atoms with Crippen molar-refractivity contribution >= 4 is 11.8 Å². The first-order chi connectivity index (χ1) is 8.83. The lowest BCUT2D eigenvalue weighted by atomic mass is 10.0. The van der Waals surface area contributed by atoms with Crippen LogP contribution in [-0.2, 0) is 4.74 Å². The summed E-state index contributed by atoms with van der Waals surface area (Å²) in [6, 6.07) is 9.51. The van der Waals surface area contributed by atoms with Crippen LogP contribution < -0.4 is 5.32 Å². The molecule has 3 heteroatoms. The summed E-state index contributed by atoms with van der Waals surface area (Å²) in [4.78, 5) is 1.36. The Morgan fingerprint density at radius 1 is 1.28 bits per heavy atom. The van der Waals surface area contributed by atoms with E-state index in [1.165, 1.54) is 16.9 Å². The Morgan fingerprint density at radius 2 is 2.00 bits per heavy atom. The lowest BCUT2D eigenvalue weighted by Gasteiger charge is -2.25. The zero-order valence-corrected chi connectivity index (χ0v) is 12.1. The Bertz CT molecular complexity index is 348. The van der Waals surface area contributed by atoms with Crippen molar-refractivity contribution in [2.24, 2.45) is 0 Å². The Balaban J connectivity index is 1.91. The summed E-state index contributed by atoms with van der Waals surface area (Å²) in [5.74, 6) is 0. The summed E-state index contributed by atoms with van der Waals surface area (Å²) in [7, 11) is 0. The molecular formula is C15H23NOS. The topological polar surface area (TPSA) is 21.3 Å². The molecule has 18 heavy (non-hydrogen) atoms. The fraction of sp³-hybridized carbons (Fsp3) is 0.600. The van der Waals surface area contributed by atoms with Gasteiger partial charge in [-0.2, -0.15) is 0 Å². The van der Waals surface area contributed by atoms with Gasteiger partial charge in [-0.15, -0.1) is 11.8 Å². The van der Waals surface area contributed by atoms with Crippen molar-refractivity contribution in [1.29, 1.82) is 0 Å². The van der Waals surface area contributed by atoms with Crippen molar-refractivity contribution in [2.75, 3.05) is 19.8 Å². The lowest BCUT2D eigenvalue weighted by molar-refractivity contribution is 0.0455. The van der Waals surface area contributed by atoms with Crippen LogP contribution in [0.3, 0.4) is 0 Å². The smallest absolute Gasteiger partial charge is 0.0611 e. The van der Waals surface area contributed by atoms with Crippen LogP contribution in [0.25, 0.3) is 0 Å². The minimum Gasteiger partial charge on any atom is -0.379 e. The molecule has 0 spiro atoms. The third-order valence-electron chi connectivity index (χ3n) is 3.24. The second-order valence-electron chi connectivity index (χ2n) is 4.76. The minimum absolute atomic E-state index is 0.496. The van der Waals surface area contributed by atoms with Crippen molar-refractivity contribution in [3.63, 3.8) is 0 Å². The molecule has 0 radical (unpaired) electrons. The Morgan fingerprint density at radius 3 is 2.50 bits per heavy atom. The van der Waals surface area contributed by atoms with Crippen LogP contribution in [-0.4, -0.2) is 25.0 Å². The number of hydrogen-bond acceptors (Lipinski definition) is 3. The molecule has 1 aromatic rings. The van der Waals surface area contributed by atoms with Crippen molar-refractivity contribution in [3.8, 4) is 0 Å². The fourth-order valence-corrected chi connectivity index (χ4v) is 3.08. The standard InChI is InChI=1S/C15H23NOS/c1-3-9-16-15(4-2)12-5-7-13(8-6-12)18-14-10-17-11-14/h5-8,14-16H,3-4,9-11H2,1-2H3. The van der Waals surface area contributed by atoms with E-state index in [0.29, 0.717) is 11.3 Å². The van der Waals surface area contributed by atoms with Crippen LogP contribution in [0.4, 0.5) is 0 Å². The zero-order chi connectivity index (χ0) is 12.8. The fourth-order valence-electron chi connectivity index (χ4n) is 2.07. The van der Waals surface area contributed by atoms with Crippen LogP contribution >= 0.6 is 11.8 Å². The third-order valence-corrected chi connectivity index (χ3v) is 4.39. The SMILES string of the molecule is CCCNC(CC)c1ccc(SC2COC2)cc1. The van der Waals surface area contributed by atoms with E-state index < -0.39 is 0 Å². The summed E-state index contributed by atoms with van der Waals surface area (Å²) >= 11 is 1.93. The third kappa shape index (κ3) is 3.74. The Hall–Kier alpha value is -0.510. The largest absolute Gasteiger partial charge is 0.379 e. The quantitative estimate of drug-likeness (QED) is 0.813. The summed E-state index contributed by atoms with van der Waals surface area (Å²) in [5, 5.41) is 4.25. The Kier molecular flexibility index (Phi) is 5.54. The highest BCUT2D eigenvalue weighted by molar-refractivity contribution is 8.00. The van der Waals surface area contributed by atoms with Crippen LogP contribution in [0, 0.1) is 0 Å². The van der Waals surface area contributed by atoms with E-state index in [9.17, 15) is 0 Å². The average molecular weight is 265 g/mol. The molecule has 1 N–H and O–H groups in total. The number of ether oxygens (including phenoxy) is 1.